The van der Waals surface area contributed by atoms with Crippen LogP contribution in [0.5, 0.6) is 0 Å². The van der Waals surface area contributed by atoms with Crippen LogP contribution in [0.15, 0.2) is 18.5 Å². The van der Waals surface area contributed by atoms with Gasteiger partial charge in [-0.3, -0.25) is 9.78 Å². The minimum Gasteiger partial charge on any atom is -0.481 e. The predicted molar refractivity (Wildman–Crippen MR) is 67.0 cm³/mol. The molecule has 1 heterocycles. The largest absolute Gasteiger partial charge is 0.481 e. The zero-order chi connectivity index (χ0) is 12.7. The van der Waals surface area contributed by atoms with E-state index in [1.807, 2.05) is 0 Å². The maximum Gasteiger partial charge on any atom is 0.306 e. The van der Waals surface area contributed by atoms with Crippen molar-refractivity contribution >= 4 is 17.6 Å². The van der Waals surface area contributed by atoms with Gasteiger partial charge < -0.3 is 10.8 Å². The number of nitrogens with two attached hydrogens (primary N) is 1. The maximum absolute atomic E-state index is 11.1. The Bertz CT molecular complexity index is 371. The number of carboxylic acid groups (broad SMARTS) is 1. The van der Waals surface area contributed by atoms with Crippen LogP contribution in [0.2, 0.25) is 5.02 Å². The van der Waals surface area contributed by atoms with Crippen molar-refractivity contribution in [2.24, 2.45) is 11.7 Å². The lowest BCUT2D eigenvalue weighted by Gasteiger charge is -2.12. The molecule has 0 aromatic carbocycles. The highest BCUT2D eigenvalue weighted by molar-refractivity contribution is 6.31. The number of carboxylic acids is 1. The van der Waals surface area contributed by atoms with Crippen molar-refractivity contribution in [3.63, 3.8) is 0 Å². The molecule has 0 fully saturated rings. The minimum atomic E-state index is -0.782. The summed E-state index contributed by atoms with van der Waals surface area (Å²) in [5.41, 5.74) is 6.23. The second kappa shape index (κ2) is 7.25. The second-order valence-corrected chi connectivity index (χ2v) is 4.40. The van der Waals surface area contributed by atoms with Gasteiger partial charge in [0.15, 0.2) is 0 Å². The smallest absolute Gasteiger partial charge is 0.306 e. The third-order valence-corrected chi connectivity index (χ3v) is 3.02. The highest BCUT2D eigenvalue weighted by Crippen LogP contribution is 2.21. The van der Waals surface area contributed by atoms with Gasteiger partial charge in [0.1, 0.15) is 0 Å². The van der Waals surface area contributed by atoms with Crippen molar-refractivity contribution in [1.82, 2.24) is 4.98 Å². The van der Waals surface area contributed by atoms with Crippen LogP contribution in [0.3, 0.4) is 0 Å². The van der Waals surface area contributed by atoms with Gasteiger partial charge in [0.2, 0.25) is 0 Å². The van der Waals surface area contributed by atoms with Gasteiger partial charge in [-0.15, -0.1) is 0 Å². The van der Waals surface area contributed by atoms with E-state index >= 15 is 0 Å². The van der Waals surface area contributed by atoms with Gasteiger partial charge in [0, 0.05) is 12.4 Å². The van der Waals surface area contributed by atoms with E-state index < -0.39 is 11.9 Å². The zero-order valence-corrected chi connectivity index (χ0v) is 10.4. The molecule has 0 aliphatic heterocycles. The molecule has 0 amide bonds. The second-order valence-electron chi connectivity index (χ2n) is 3.99. The molecule has 17 heavy (non-hydrogen) atoms. The number of rotatable bonds is 7. The normalized spacial score (nSPS) is 12.4. The van der Waals surface area contributed by atoms with E-state index in [1.54, 1.807) is 12.3 Å². The molecule has 0 bridgehead atoms. The Morgan fingerprint density at radius 1 is 1.53 bits per heavy atom. The quantitative estimate of drug-likeness (QED) is 0.733. The molecule has 0 aliphatic carbocycles. The number of nitrogens with zero attached hydrogens (tertiary/aromatic N) is 1. The fraction of sp³-hybridized carbons (Fsp3) is 0.500. The van der Waals surface area contributed by atoms with Crippen molar-refractivity contribution in [1.29, 1.82) is 0 Å². The van der Waals surface area contributed by atoms with Crippen LogP contribution in [-0.4, -0.2) is 22.6 Å². The Morgan fingerprint density at radius 2 is 2.29 bits per heavy atom. The molecule has 5 heteroatoms. The van der Waals surface area contributed by atoms with E-state index in [0.717, 1.165) is 18.4 Å². The highest BCUT2D eigenvalue weighted by atomic mass is 35.5. The molecule has 1 atom stereocenters. The van der Waals surface area contributed by atoms with Gasteiger partial charge in [-0.2, -0.15) is 0 Å². The average molecular weight is 257 g/mol. The van der Waals surface area contributed by atoms with Crippen LogP contribution >= 0.6 is 11.6 Å². The van der Waals surface area contributed by atoms with E-state index in [0.29, 0.717) is 24.4 Å². The van der Waals surface area contributed by atoms with Crippen LogP contribution < -0.4 is 5.73 Å². The van der Waals surface area contributed by atoms with Gasteiger partial charge in [-0.1, -0.05) is 18.0 Å². The first-order chi connectivity index (χ1) is 8.15. The summed E-state index contributed by atoms with van der Waals surface area (Å²) in [4.78, 5) is 15.0. The summed E-state index contributed by atoms with van der Waals surface area (Å²) in [6, 6.07) is 1.77. The number of aliphatic carboxylic acids is 1. The minimum absolute atomic E-state index is 0.401. The molecular formula is C12H17ClN2O2. The van der Waals surface area contributed by atoms with Crippen LogP contribution in [-0.2, 0) is 11.2 Å². The molecule has 1 aromatic rings. The van der Waals surface area contributed by atoms with E-state index in [1.165, 1.54) is 6.20 Å². The first kappa shape index (κ1) is 13.9. The van der Waals surface area contributed by atoms with E-state index in [2.05, 4.69) is 4.98 Å². The number of aromatic nitrogens is 1. The lowest BCUT2D eigenvalue weighted by molar-refractivity contribution is -0.142. The third-order valence-electron chi connectivity index (χ3n) is 2.68. The molecular weight excluding hydrogens is 240 g/mol. The molecule has 0 spiro atoms. The Labute approximate surface area is 106 Å². The van der Waals surface area contributed by atoms with Crippen LogP contribution in [0.4, 0.5) is 0 Å². The first-order valence-electron chi connectivity index (χ1n) is 5.66. The SMILES string of the molecule is NCCCCC(Cc1ccncc1Cl)C(=O)O. The molecule has 3 N–H and O–H groups in total. The number of carbonyl (C=O) groups is 1. The summed E-state index contributed by atoms with van der Waals surface area (Å²) in [7, 11) is 0. The lowest BCUT2D eigenvalue weighted by Crippen LogP contribution is -2.17. The maximum atomic E-state index is 11.1. The van der Waals surface area contributed by atoms with Gasteiger partial charge in [0.05, 0.1) is 10.9 Å². The first-order valence-corrected chi connectivity index (χ1v) is 6.04. The lowest BCUT2D eigenvalue weighted by atomic mass is 9.94. The molecule has 1 rings (SSSR count). The summed E-state index contributed by atoms with van der Waals surface area (Å²) >= 11 is 5.96. The van der Waals surface area contributed by atoms with Gasteiger partial charge >= 0.3 is 5.97 Å². The Hall–Kier alpha value is -1.13. The summed E-state index contributed by atoms with van der Waals surface area (Å²) in [6.45, 7) is 0.600. The number of halogens is 1. The Balaban J connectivity index is 2.61. The van der Waals surface area contributed by atoms with E-state index in [4.69, 9.17) is 22.4 Å². The topological polar surface area (TPSA) is 76.2 Å². The third kappa shape index (κ3) is 4.71. The monoisotopic (exact) mass is 256 g/mol. The number of unbranched alkanes of at least 4 members (excludes halogenated alkanes) is 1. The van der Waals surface area contributed by atoms with Crippen molar-refractivity contribution < 1.29 is 9.90 Å². The molecule has 94 valence electrons. The van der Waals surface area contributed by atoms with Crippen LogP contribution in [0, 0.1) is 5.92 Å². The molecule has 1 unspecified atom stereocenters. The Morgan fingerprint density at radius 3 is 2.88 bits per heavy atom. The summed E-state index contributed by atoms with van der Waals surface area (Å²) in [5.74, 6) is -1.18. The van der Waals surface area contributed by atoms with Crippen molar-refractivity contribution in [3.8, 4) is 0 Å². The van der Waals surface area contributed by atoms with Gasteiger partial charge in [0.25, 0.3) is 0 Å². The fourth-order valence-corrected chi connectivity index (χ4v) is 1.88. The average Bonchev–Trinajstić information content (AvgIpc) is 2.30. The molecule has 0 saturated carbocycles. The number of hydrogen-bond donors (Lipinski definition) is 2. The molecule has 0 saturated heterocycles. The summed E-state index contributed by atoms with van der Waals surface area (Å²) in [6.07, 6.45) is 5.92. The fourth-order valence-electron chi connectivity index (χ4n) is 1.68. The number of hydrogen-bond acceptors (Lipinski definition) is 3. The molecule has 0 aliphatic rings. The van der Waals surface area contributed by atoms with Gasteiger partial charge in [-0.05, 0) is 37.4 Å². The number of pyridine rings is 1. The van der Waals surface area contributed by atoms with Crippen molar-refractivity contribution in [2.75, 3.05) is 6.54 Å². The van der Waals surface area contributed by atoms with Gasteiger partial charge in [-0.25, -0.2) is 0 Å². The molecule has 1 aromatic heterocycles. The van der Waals surface area contributed by atoms with E-state index in [9.17, 15) is 4.79 Å². The standard InChI is InChI=1S/C12H17ClN2O2/c13-11-8-15-6-4-9(11)7-10(12(16)17)3-1-2-5-14/h4,6,8,10H,1-3,5,7,14H2,(H,16,17). The van der Waals surface area contributed by atoms with Crippen LogP contribution in [0.25, 0.3) is 0 Å². The molecule has 4 nitrogen and oxygen atoms in total. The van der Waals surface area contributed by atoms with E-state index in [-0.39, 0.29) is 0 Å². The summed E-state index contributed by atoms with van der Waals surface area (Å²) < 4.78 is 0. The predicted octanol–water partition coefficient (Wildman–Crippen LogP) is 2.11. The highest BCUT2D eigenvalue weighted by Gasteiger charge is 2.18. The zero-order valence-electron chi connectivity index (χ0n) is 9.60. The van der Waals surface area contributed by atoms with Crippen molar-refractivity contribution in [3.05, 3.63) is 29.0 Å². The molecule has 0 radical (unpaired) electrons. The Kier molecular flexibility index (Phi) is 5.94. The van der Waals surface area contributed by atoms with Crippen LogP contribution in [0.1, 0.15) is 24.8 Å². The summed E-state index contributed by atoms with van der Waals surface area (Å²) in [5, 5.41) is 9.66. The van der Waals surface area contributed by atoms with Crippen molar-refractivity contribution in [2.45, 2.75) is 25.7 Å².